The van der Waals surface area contributed by atoms with Crippen LogP contribution in [-0.4, -0.2) is 13.1 Å². The van der Waals surface area contributed by atoms with Crippen molar-refractivity contribution in [2.45, 2.75) is 0 Å². The molecule has 0 aliphatic heterocycles. The van der Waals surface area contributed by atoms with Crippen LogP contribution < -0.4 is 4.73 Å². The Morgan fingerprint density at radius 2 is 2.42 bits per heavy atom. The van der Waals surface area contributed by atoms with E-state index in [1.165, 1.54) is 0 Å². The van der Waals surface area contributed by atoms with Crippen LogP contribution >= 0.6 is 0 Å². The highest BCUT2D eigenvalue weighted by Gasteiger charge is 2.13. The second-order valence-corrected chi connectivity index (χ2v) is 2.06. The van der Waals surface area contributed by atoms with Crippen LogP contribution in [0.5, 0.6) is 0 Å². The van der Waals surface area contributed by atoms with E-state index in [0.29, 0.717) is 6.20 Å². The number of ether oxygens (including phenoxy) is 1. The van der Waals surface area contributed by atoms with Gasteiger partial charge in [0.1, 0.15) is 5.56 Å². The minimum absolute atomic E-state index is 0.246. The van der Waals surface area contributed by atoms with Crippen molar-refractivity contribution in [1.82, 2.24) is 0 Å². The highest BCUT2D eigenvalue weighted by molar-refractivity contribution is 5.89. The van der Waals surface area contributed by atoms with Gasteiger partial charge in [0.05, 0.1) is 7.11 Å². The zero-order chi connectivity index (χ0) is 9.14. The Morgan fingerprint density at radius 1 is 1.75 bits per heavy atom. The number of carbonyl (C=O) groups is 1. The first kappa shape index (κ1) is 8.45. The summed E-state index contributed by atoms with van der Waals surface area (Å²) in [5.74, 6) is -1.69. The lowest BCUT2D eigenvalue weighted by Gasteiger charge is -1.99. The summed E-state index contributed by atoms with van der Waals surface area (Å²) in [6.07, 6.45) is 1.68. The first-order valence-corrected chi connectivity index (χ1v) is 3.12. The van der Waals surface area contributed by atoms with Gasteiger partial charge >= 0.3 is 5.97 Å². The molecule has 4 nitrogen and oxygen atoms in total. The number of nitrogens with zero attached hydrogens (tertiary/aromatic N) is 1. The summed E-state index contributed by atoms with van der Waals surface area (Å²) in [4.78, 5) is 10.8. The molecule has 0 saturated carbocycles. The van der Waals surface area contributed by atoms with Gasteiger partial charge in [-0.05, 0) is 0 Å². The summed E-state index contributed by atoms with van der Waals surface area (Å²) in [6, 6.07) is 1.06. The molecule has 1 aromatic heterocycles. The summed E-state index contributed by atoms with van der Waals surface area (Å²) < 4.78 is 17.3. The van der Waals surface area contributed by atoms with Gasteiger partial charge in [-0.15, -0.1) is 0 Å². The van der Waals surface area contributed by atoms with Crippen molar-refractivity contribution in [3.05, 3.63) is 35.0 Å². The molecule has 0 spiro atoms. The molecule has 1 aromatic rings. The Bertz CT molecular complexity index is 314. The van der Waals surface area contributed by atoms with Crippen LogP contribution in [0.15, 0.2) is 18.5 Å². The van der Waals surface area contributed by atoms with Gasteiger partial charge in [-0.3, -0.25) is 0 Å². The lowest BCUT2D eigenvalue weighted by molar-refractivity contribution is -0.607. The summed E-state index contributed by atoms with van der Waals surface area (Å²) >= 11 is 0. The highest BCUT2D eigenvalue weighted by atomic mass is 19.1. The van der Waals surface area contributed by atoms with Crippen LogP contribution in [-0.2, 0) is 4.74 Å². The van der Waals surface area contributed by atoms with E-state index in [1.807, 2.05) is 0 Å². The molecule has 0 aliphatic carbocycles. The molecule has 0 amide bonds. The third-order valence-corrected chi connectivity index (χ3v) is 1.29. The van der Waals surface area contributed by atoms with Crippen molar-refractivity contribution in [3.63, 3.8) is 0 Å². The molecule has 0 unspecified atom stereocenters. The van der Waals surface area contributed by atoms with Crippen LogP contribution in [0.25, 0.3) is 0 Å². The third-order valence-electron chi connectivity index (χ3n) is 1.29. The Balaban J connectivity index is 3.09. The van der Waals surface area contributed by atoms with Crippen LogP contribution in [0, 0.1) is 11.0 Å². The molecule has 0 fully saturated rings. The fraction of sp³-hybridized carbons (Fsp3) is 0.143. The number of halogens is 1. The fourth-order valence-corrected chi connectivity index (χ4v) is 0.727. The predicted octanol–water partition coefficient (Wildman–Crippen LogP) is 0.246. The number of carbonyl (C=O) groups excluding carboxylic acids is 1. The van der Waals surface area contributed by atoms with E-state index in [2.05, 4.69) is 4.74 Å². The molecule has 0 aromatic carbocycles. The first-order valence-electron chi connectivity index (χ1n) is 3.12. The van der Waals surface area contributed by atoms with Gasteiger partial charge < -0.3 is 9.94 Å². The Morgan fingerprint density at radius 3 is 2.92 bits per heavy atom. The molecule has 1 heterocycles. The number of aromatic nitrogens is 1. The van der Waals surface area contributed by atoms with Crippen molar-refractivity contribution in [2.75, 3.05) is 7.11 Å². The van der Waals surface area contributed by atoms with Gasteiger partial charge in [0.25, 0.3) is 0 Å². The molecular formula is C7H6FNO3. The van der Waals surface area contributed by atoms with E-state index in [1.54, 1.807) is 0 Å². The van der Waals surface area contributed by atoms with E-state index in [4.69, 9.17) is 0 Å². The number of rotatable bonds is 1. The smallest absolute Gasteiger partial charge is 0.341 e. The third kappa shape index (κ3) is 1.50. The molecule has 12 heavy (non-hydrogen) atoms. The second-order valence-electron chi connectivity index (χ2n) is 2.06. The van der Waals surface area contributed by atoms with Gasteiger partial charge in [0.2, 0.25) is 12.0 Å². The van der Waals surface area contributed by atoms with Crippen LogP contribution in [0.3, 0.4) is 0 Å². The van der Waals surface area contributed by atoms with Gasteiger partial charge in [0.15, 0.2) is 6.20 Å². The minimum Gasteiger partial charge on any atom is -0.619 e. The number of methoxy groups -OCH3 is 1. The molecule has 0 radical (unpaired) electrons. The van der Waals surface area contributed by atoms with Crippen molar-refractivity contribution in [1.29, 1.82) is 0 Å². The molecule has 5 heteroatoms. The summed E-state index contributed by atoms with van der Waals surface area (Å²) in [5.41, 5.74) is -0.246. The molecule has 0 aliphatic rings. The van der Waals surface area contributed by atoms with E-state index in [-0.39, 0.29) is 10.3 Å². The van der Waals surface area contributed by atoms with Crippen LogP contribution in [0.2, 0.25) is 0 Å². The van der Waals surface area contributed by atoms with E-state index in [9.17, 15) is 14.4 Å². The maximum Gasteiger partial charge on any atom is 0.341 e. The lowest BCUT2D eigenvalue weighted by Crippen LogP contribution is -2.26. The largest absolute Gasteiger partial charge is 0.619 e. The second kappa shape index (κ2) is 3.17. The quantitative estimate of drug-likeness (QED) is 0.345. The maximum absolute atomic E-state index is 12.8. The van der Waals surface area contributed by atoms with E-state index >= 15 is 0 Å². The number of esters is 1. The molecule has 1 rings (SSSR count). The highest BCUT2D eigenvalue weighted by Crippen LogP contribution is 2.04. The summed E-state index contributed by atoms with van der Waals surface area (Å²) in [5, 5.41) is 10.5. The lowest BCUT2D eigenvalue weighted by atomic mass is 10.2. The van der Waals surface area contributed by atoms with Crippen molar-refractivity contribution < 1.29 is 18.7 Å². The van der Waals surface area contributed by atoms with Crippen molar-refractivity contribution >= 4 is 5.97 Å². The Kier molecular flexibility index (Phi) is 2.23. The van der Waals surface area contributed by atoms with Crippen molar-refractivity contribution in [2.24, 2.45) is 0 Å². The predicted molar refractivity (Wildman–Crippen MR) is 36.7 cm³/mol. The SMILES string of the molecule is COC(=O)c1cc[n+]([O-])cc1F. The fourth-order valence-electron chi connectivity index (χ4n) is 0.727. The monoisotopic (exact) mass is 171 g/mol. The first-order chi connectivity index (χ1) is 5.65. The zero-order valence-corrected chi connectivity index (χ0v) is 6.28. The van der Waals surface area contributed by atoms with Gasteiger partial charge in [-0.1, -0.05) is 0 Å². The van der Waals surface area contributed by atoms with E-state index in [0.717, 1.165) is 19.4 Å². The number of hydrogen-bond acceptors (Lipinski definition) is 3. The summed E-state index contributed by atoms with van der Waals surface area (Å²) in [6.45, 7) is 0. The van der Waals surface area contributed by atoms with Crippen molar-refractivity contribution in [3.8, 4) is 0 Å². The number of hydrogen-bond donors (Lipinski definition) is 0. The Labute approximate surface area is 67.8 Å². The normalized spacial score (nSPS) is 9.50. The number of pyridine rings is 1. The molecular weight excluding hydrogens is 165 g/mol. The van der Waals surface area contributed by atoms with Gasteiger partial charge in [-0.2, -0.15) is 9.12 Å². The molecule has 0 saturated heterocycles. The topological polar surface area (TPSA) is 53.2 Å². The average Bonchev–Trinajstić information content (AvgIpc) is 2.03. The van der Waals surface area contributed by atoms with Gasteiger partial charge in [0, 0.05) is 6.07 Å². The maximum atomic E-state index is 12.8. The zero-order valence-electron chi connectivity index (χ0n) is 6.28. The standard InChI is InChI=1S/C7H6FNO3/c1-12-7(10)5-2-3-9(11)4-6(5)8/h2-4H,1H3. The average molecular weight is 171 g/mol. The van der Waals surface area contributed by atoms with Gasteiger partial charge in [-0.25, -0.2) is 4.79 Å². The van der Waals surface area contributed by atoms with Crippen LogP contribution in [0.4, 0.5) is 4.39 Å². The Hall–Kier alpha value is -1.65. The molecule has 0 bridgehead atoms. The summed E-state index contributed by atoms with van der Waals surface area (Å²) in [7, 11) is 1.14. The molecule has 64 valence electrons. The minimum atomic E-state index is -0.889. The molecule has 0 N–H and O–H groups in total. The van der Waals surface area contributed by atoms with Crippen LogP contribution in [0.1, 0.15) is 10.4 Å². The van der Waals surface area contributed by atoms with E-state index < -0.39 is 11.8 Å². The molecule has 0 atom stereocenters.